The quantitative estimate of drug-likeness (QED) is 0.420. The average molecular weight is 243 g/mol. The third kappa shape index (κ3) is 12.2. The van der Waals surface area contributed by atoms with E-state index in [1.54, 1.807) is 0 Å². The lowest BCUT2D eigenvalue weighted by Gasteiger charge is -2.14. The van der Waals surface area contributed by atoms with E-state index in [0.29, 0.717) is 13.2 Å². The SMILES string of the molecule is CCCCCCCCCC[C](OCC)OCC. The molecule has 0 aliphatic heterocycles. The zero-order valence-corrected chi connectivity index (χ0v) is 12.1. The molecule has 0 aliphatic carbocycles. The Hall–Kier alpha value is -0.0800. The minimum absolute atomic E-state index is 0.715. The lowest BCUT2D eigenvalue weighted by Crippen LogP contribution is -2.08. The van der Waals surface area contributed by atoms with Crippen LogP contribution in [0.1, 0.15) is 78.6 Å². The molecule has 103 valence electrons. The monoisotopic (exact) mass is 243 g/mol. The first-order valence-corrected chi connectivity index (χ1v) is 7.46. The Morgan fingerprint density at radius 1 is 0.647 bits per heavy atom. The summed E-state index contributed by atoms with van der Waals surface area (Å²) in [4.78, 5) is 0. The van der Waals surface area contributed by atoms with Crippen molar-refractivity contribution in [1.82, 2.24) is 0 Å². The van der Waals surface area contributed by atoms with Crippen molar-refractivity contribution in [1.29, 1.82) is 0 Å². The fourth-order valence-corrected chi connectivity index (χ4v) is 1.91. The molecule has 0 unspecified atom stereocenters. The molecule has 0 rings (SSSR count). The van der Waals surface area contributed by atoms with E-state index in [9.17, 15) is 0 Å². The van der Waals surface area contributed by atoms with Crippen LogP contribution in [-0.4, -0.2) is 13.2 Å². The maximum Gasteiger partial charge on any atom is 0.223 e. The molecule has 0 aromatic heterocycles. The van der Waals surface area contributed by atoms with Crippen LogP contribution in [0.3, 0.4) is 0 Å². The van der Waals surface area contributed by atoms with Crippen LogP contribution in [0.5, 0.6) is 0 Å². The van der Waals surface area contributed by atoms with Crippen LogP contribution >= 0.6 is 0 Å². The van der Waals surface area contributed by atoms with Crippen LogP contribution in [0.2, 0.25) is 0 Å². The zero-order chi connectivity index (χ0) is 12.8. The normalized spacial score (nSPS) is 11.3. The lowest BCUT2D eigenvalue weighted by molar-refractivity contribution is -0.0433. The van der Waals surface area contributed by atoms with E-state index in [2.05, 4.69) is 6.92 Å². The highest BCUT2D eigenvalue weighted by Crippen LogP contribution is 2.16. The van der Waals surface area contributed by atoms with Crippen LogP contribution in [-0.2, 0) is 9.47 Å². The van der Waals surface area contributed by atoms with Gasteiger partial charge in [0.05, 0.1) is 0 Å². The van der Waals surface area contributed by atoms with Crippen molar-refractivity contribution in [2.45, 2.75) is 78.6 Å². The van der Waals surface area contributed by atoms with Gasteiger partial charge in [-0.05, 0) is 20.3 Å². The second-order valence-corrected chi connectivity index (χ2v) is 4.46. The number of hydrogen-bond acceptors (Lipinski definition) is 2. The van der Waals surface area contributed by atoms with Gasteiger partial charge in [0.25, 0.3) is 0 Å². The predicted molar refractivity (Wildman–Crippen MR) is 73.7 cm³/mol. The Morgan fingerprint density at radius 3 is 1.59 bits per heavy atom. The topological polar surface area (TPSA) is 18.5 Å². The molecule has 1 radical (unpaired) electrons. The first kappa shape index (κ1) is 16.9. The minimum atomic E-state index is 0.715. The van der Waals surface area contributed by atoms with Gasteiger partial charge < -0.3 is 9.47 Å². The van der Waals surface area contributed by atoms with E-state index in [4.69, 9.17) is 9.47 Å². The van der Waals surface area contributed by atoms with Gasteiger partial charge in [0.15, 0.2) is 0 Å². The van der Waals surface area contributed by atoms with E-state index in [1.807, 2.05) is 13.8 Å². The highest BCUT2D eigenvalue weighted by atomic mass is 16.7. The second-order valence-electron chi connectivity index (χ2n) is 4.46. The molecule has 2 nitrogen and oxygen atoms in total. The Morgan fingerprint density at radius 2 is 1.12 bits per heavy atom. The van der Waals surface area contributed by atoms with Gasteiger partial charge in [-0.15, -0.1) is 0 Å². The molecule has 0 aromatic carbocycles. The fourth-order valence-electron chi connectivity index (χ4n) is 1.91. The molecular formula is C15H31O2. The first-order chi connectivity index (χ1) is 8.35. The molecule has 0 spiro atoms. The molecule has 0 aromatic rings. The molecule has 17 heavy (non-hydrogen) atoms. The smallest absolute Gasteiger partial charge is 0.223 e. The fraction of sp³-hybridized carbons (Fsp3) is 0.933. The molecule has 0 amide bonds. The standard InChI is InChI=1S/C15H31O2/c1-4-7-8-9-10-11-12-13-14-15(16-5-2)17-6-3/h4-14H2,1-3H3. The summed E-state index contributed by atoms with van der Waals surface area (Å²) in [5, 5.41) is 0. The highest BCUT2D eigenvalue weighted by Gasteiger charge is 2.08. The summed E-state index contributed by atoms with van der Waals surface area (Å²) in [6, 6.07) is 0. The Balaban J connectivity index is 3.23. The molecular weight excluding hydrogens is 212 g/mol. The molecule has 0 fully saturated rings. The molecule has 0 atom stereocenters. The maximum absolute atomic E-state index is 5.44. The van der Waals surface area contributed by atoms with Gasteiger partial charge in [0.1, 0.15) is 0 Å². The first-order valence-electron chi connectivity index (χ1n) is 7.46. The van der Waals surface area contributed by atoms with Crippen LogP contribution in [0.15, 0.2) is 0 Å². The molecule has 0 bridgehead atoms. The summed E-state index contributed by atoms with van der Waals surface area (Å²) in [7, 11) is 0. The van der Waals surface area contributed by atoms with Gasteiger partial charge in [-0.25, -0.2) is 0 Å². The van der Waals surface area contributed by atoms with Crippen LogP contribution < -0.4 is 0 Å². The molecule has 0 N–H and O–H groups in total. The van der Waals surface area contributed by atoms with Crippen molar-refractivity contribution >= 4 is 0 Å². The summed E-state index contributed by atoms with van der Waals surface area (Å²) >= 11 is 0. The molecule has 0 aliphatic rings. The molecule has 0 heterocycles. The highest BCUT2D eigenvalue weighted by molar-refractivity contribution is 4.64. The molecule has 0 saturated heterocycles. The van der Waals surface area contributed by atoms with E-state index in [1.165, 1.54) is 51.4 Å². The van der Waals surface area contributed by atoms with E-state index < -0.39 is 0 Å². The molecule has 0 saturated carbocycles. The number of unbranched alkanes of at least 4 members (excludes halogenated alkanes) is 7. The number of hydrogen-bond donors (Lipinski definition) is 0. The second kappa shape index (κ2) is 14.0. The Bertz CT molecular complexity index is 131. The summed E-state index contributed by atoms with van der Waals surface area (Å²) in [5.41, 5.74) is 0. The zero-order valence-electron chi connectivity index (χ0n) is 12.1. The van der Waals surface area contributed by atoms with Crippen molar-refractivity contribution in [3.63, 3.8) is 0 Å². The van der Waals surface area contributed by atoms with Gasteiger partial charge in [-0.1, -0.05) is 51.9 Å². The van der Waals surface area contributed by atoms with Crippen LogP contribution in [0, 0.1) is 6.29 Å². The lowest BCUT2D eigenvalue weighted by atomic mass is 10.1. The largest absolute Gasteiger partial charge is 0.346 e. The Labute approximate surface area is 108 Å². The van der Waals surface area contributed by atoms with Gasteiger partial charge in [-0.3, -0.25) is 0 Å². The average Bonchev–Trinajstić information content (AvgIpc) is 2.33. The predicted octanol–water partition coefficient (Wildman–Crippen LogP) is 5.08. The van der Waals surface area contributed by atoms with Crippen molar-refractivity contribution in [2.75, 3.05) is 13.2 Å². The third-order valence-corrected chi connectivity index (χ3v) is 2.85. The van der Waals surface area contributed by atoms with Crippen molar-refractivity contribution in [3.05, 3.63) is 6.29 Å². The van der Waals surface area contributed by atoms with Crippen molar-refractivity contribution in [2.24, 2.45) is 0 Å². The van der Waals surface area contributed by atoms with Gasteiger partial charge in [0.2, 0.25) is 6.29 Å². The van der Waals surface area contributed by atoms with Gasteiger partial charge >= 0.3 is 0 Å². The third-order valence-electron chi connectivity index (χ3n) is 2.85. The van der Waals surface area contributed by atoms with Gasteiger partial charge in [0, 0.05) is 19.6 Å². The number of ether oxygens (including phenoxy) is 2. The van der Waals surface area contributed by atoms with E-state index >= 15 is 0 Å². The minimum Gasteiger partial charge on any atom is -0.346 e. The van der Waals surface area contributed by atoms with Crippen molar-refractivity contribution in [3.8, 4) is 0 Å². The van der Waals surface area contributed by atoms with Crippen molar-refractivity contribution < 1.29 is 9.47 Å². The number of rotatable bonds is 13. The van der Waals surface area contributed by atoms with E-state index in [0.717, 1.165) is 12.7 Å². The maximum atomic E-state index is 5.44. The Kier molecular flexibility index (Phi) is 13.9. The summed E-state index contributed by atoms with van der Waals surface area (Å²) in [5.74, 6) is 0. The van der Waals surface area contributed by atoms with Crippen LogP contribution in [0.25, 0.3) is 0 Å². The van der Waals surface area contributed by atoms with E-state index in [-0.39, 0.29) is 0 Å². The summed E-state index contributed by atoms with van der Waals surface area (Å²) < 4.78 is 10.9. The molecule has 2 heteroatoms. The van der Waals surface area contributed by atoms with Crippen LogP contribution in [0.4, 0.5) is 0 Å². The summed E-state index contributed by atoms with van der Waals surface area (Å²) in [6.07, 6.45) is 12.6. The summed E-state index contributed by atoms with van der Waals surface area (Å²) in [6.45, 7) is 7.71. The van der Waals surface area contributed by atoms with Gasteiger partial charge in [-0.2, -0.15) is 0 Å².